The SMILES string of the molecule is C=CCN(C(=O)[C@@H]1[C@H]2C(=O)N([C@H](C)CO)C(C(=O)N(CC=C)c3cc(C)ccc3C)C23CC[C@H]1O3)c1ccc(OCC)cc1. The van der Waals surface area contributed by atoms with Crippen LogP contribution in [0.2, 0.25) is 0 Å². The molecule has 3 amide bonds. The lowest BCUT2D eigenvalue weighted by molar-refractivity contribution is -0.143. The molecule has 5 rings (SSSR count). The predicted octanol–water partition coefficient (Wildman–Crippen LogP) is 4.20. The molecule has 2 aromatic rings. The molecule has 44 heavy (non-hydrogen) atoms. The highest BCUT2D eigenvalue weighted by Crippen LogP contribution is 2.59. The number of carbonyl (C=O) groups excluding carboxylic acids is 3. The number of fused-ring (bicyclic) bond motifs is 1. The Hall–Kier alpha value is -3.95. The third kappa shape index (κ3) is 5.12. The normalized spacial score (nSPS) is 25.8. The summed E-state index contributed by atoms with van der Waals surface area (Å²) in [4.78, 5) is 48.3. The van der Waals surface area contributed by atoms with Crippen LogP contribution in [0.15, 0.2) is 67.8 Å². The van der Waals surface area contributed by atoms with E-state index in [2.05, 4.69) is 13.2 Å². The molecule has 2 bridgehead atoms. The molecule has 0 aliphatic carbocycles. The highest BCUT2D eigenvalue weighted by atomic mass is 16.5. The monoisotopic (exact) mass is 601 g/mol. The third-order valence-electron chi connectivity index (χ3n) is 9.27. The van der Waals surface area contributed by atoms with Crippen molar-refractivity contribution in [1.29, 1.82) is 0 Å². The van der Waals surface area contributed by atoms with Crippen LogP contribution in [0.5, 0.6) is 5.75 Å². The number of aryl methyl sites for hydroxylation is 2. The number of rotatable bonds is 12. The van der Waals surface area contributed by atoms with Crippen LogP contribution in [0.4, 0.5) is 11.4 Å². The molecule has 9 heteroatoms. The van der Waals surface area contributed by atoms with Crippen LogP contribution in [0, 0.1) is 25.7 Å². The zero-order chi connectivity index (χ0) is 31.8. The minimum absolute atomic E-state index is 0.229. The highest BCUT2D eigenvalue weighted by molar-refractivity contribution is 6.07. The number of aliphatic hydroxyl groups excluding tert-OH is 1. The zero-order valence-corrected chi connectivity index (χ0v) is 26.1. The summed E-state index contributed by atoms with van der Waals surface area (Å²) in [7, 11) is 0. The van der Waals surface area contributed by atoms with Crippen molar-refractivity contribution in [2.75, 3.05) is 36.1 Å². The maximum atomic E-state index is 14.7. The number of anilines is 2. The molecule has 234 valence electrons. The van der Waals surface area contributed by atoms with Crippen molar-refractivity contribution < 1.29 is 29.0 Å². The molecule has 3 saturated heterocycles. The molecule has 3 heterocycles. The van der Waals surface area contributed by atoms with E-state index < -0.39 is 35.6 Å². The standard InChI is InChI=1S/C35H43N3O6/c1-7-18-36(25-12-14-26(15-13-25)43-9-3)32(40)29-28-16-17-35(44-28)30(29)33(41)38(24(6)21-39)31(35)34(42)37(19-8-2)27-20-22(4)10-11-23(27)5/h7-8,10-15,20,24,28-31,39H,1-2,9,16-19,21H2,3-6H3/t24-,28-,29+,30+,31?,35?/m1/s1. The van der Waals surface area contributed by atoms with Gasteiger partial charge in [-0.3, -0.25) is 14.4 Å². The molecule has 2 aromatic carbocycles. The van der Waals surface area contributed by atoms with Gasteiger partial charge in [-0.2, -0.15) is 0 Å². The molecule has 0 saturated carbocycles. The van der Waals surface area contributed by atoms with E-state index in [0.717, 1.165) is 16.8 Å². The summed E-state index contributed by atoms with van der Waals surface area (Å²) < 4.78 is 12.2. The molecule has 3 aliphatic rings. The summed E-state index contributed by atoms with van der Waals surface area (Å²) >= 11 is 0. The van der Waals surface area contributed by atoms with Crippen LogP contribution in [0.25, 0.3) is 0 Å². The molecule has 3 aliphatic heterocycles. The lowest BCUT2D eigenvalue weighted by Crippen LogP contribution is -2.58. The van der Waals surface area contributed by atoms with Gasteiger partial charge in [-0.1, -0.05) is 24.3 Å². The van der Waals surface area contributed by atoms with Gasteiger partial charge >= 0.3 is 0 Å². The summed E-state index contributed by atoms with van der Waals surface area (Å²) in [5.74, 6) is -1.86. The van der Waals surface area contributed by atoms with Crippen molar-refractivity contribution in [1.82, 2.24) is 4.90 Å². The van der Waals surface area contributed by atoms with Gasteiger partial charge in [0.2, 0.25) is 11.8 Å². The van der Waals surface area contributed by atoms with Gasteiger partial charge in [0.25, 0.3) is 5.91 Å². The van der Waals surface area contributed by atoms with Crippen molar-refractivity contribution in [2.45, 2.75) is 64.3 Å². The fourth-order valence-corrected chi connectivity index (χ4v) is 7.33. The molecule has 1 N–H and O–H groups in total. The van der Waals surface area contributed by atoms with Crippen molar-refractivity contribution in [2.24, 2.45) is 11.8 Å². The van der Waals surface area contributed by atoms with E-state index in [0.29, 0.717) is 30.9 Å². The minimum Gasteiger partial charge on any atom is -0.494 e. The molecule has 0 aromatic heterocycles. The number of amides is 3. The molecule has 2 unspecified atom stereocenters. The van der Waals surface area contributed by atoms with Crippen molar-refractivity contribution in [3.05, 3.63) is 78.9 Å². The Morgan fingerprint density at radius 3 is 2.43 bits per heavy atom. The number of ether oxygens (including phenoxy) is 2. The van der Waals surface area contributed by atoms with Gasteiger partial charge in [-0.15, -0.1) is 13.2 Å². The summed E-state index contributed by atoms with van der Waals surface area (Å²) in [5.41, 5.74) is 2.09. The van der Waals surface area contributed by atoms with E-state index in [1.54, 1.807) is 28.9 Å². The Labute approximate surface area is 259 Å². The van der Waals surface area contributed by atoms with Gasteiger partial charge in [0, 0.05) is 24.5 Å². The maximum absolute atomic E-state index is 14.7. The van der Waals surface area contributed by atoms with Crippen LogP contribution >= 0.6 is 0 Å². The Balaban J connectivity index is 1.56. The molecule has 6 atom stereocenters. The number of nitrogens with zero attached hydrogens (tertiary/aromatic N) is 3. The number of aliphatic hydroxyl groups is 1. The smallest absolute Gasteiger partial charge is 0.253 e. The van der Waals surface area contributed by atoms with E-state index in [-0.39, 0.29) is 37.4 Å². The second-order valence-corrected chi connectivity index (χ2v) is 12.0. The molecule has 1 spiro atoms. The predicted molar refractivity (Wildman–Crippen MR) is 170 cm³/mol. The number of benzene rings is 2. The lowest BCUT2D eigenvalue weighted by Gasteiger charge is -2.38. The summed E-state index contributed by atoms with van der Waals surface area (Å²) in [6.45, 7) is 15.9. The van der Waals surface area contributed by atoms with Crippen LogP contribution in [-0.2, 0) is 19.1 Å². The highest BCUT2D eigenvalue weighted by Gasteiger charge is 2.75. The van der Waals surface area contributed by atoms with E-state index in [1.807, 2.05) is 63.2 Å². The summed E-state index contributed by atoms with van der Waals surface area (Å²) in [6, 6.07) is 11.5. The molecule has 0 radical (unpaired) electrons. The average Bonchev–Trinajstić information content (AvgIpc) is 3.67. The maximum Gasteiger partial charge on any atom is 0.253 e. The number of hydrogen-bond donors (Lipinski definition) is 1. The Kier molecular flexibility index (Phi) is 9.00. The second-order valence-electron chi connectivity index (χ2n) is 12.0. The van der Waals surface area contributed by atoms with Crippen molar-refractivity contribution in [3.63, 3.8) is 0 Å². The quantitative estimate of drug-likeness (QED) is 0.366. The van der Waals surface area contributed by atoms with Crippen LogP contribution in [0.3, 0.4) is 0 Å². The van der Waals surface area contributed by atoms with E-state index in [4.69, 9.17) is 9.47 Å². The number of hydrogen-bond acceptors (Lipinski definition) is 6. The molecule has 3 fully saturated rings. The lowest BCUT2D eigenvalue weighted by atomic mass is 9.70. The molecule has 9 nitrogen and oxygen atoms in total. The van der Waals surface area contributed by atoms with Crippen LogP contribution in [0.1, 0.15) is 37.8 Å². The summed E-state index contributed by atoms with van der Waals surface area (Å²) in [6.07, 6.45) is 3.80. The van der Waals surface area contributed by atoms with Crippen molar-refractivity contribution >= 4 is 29.1 Å². The van der Waals surface area contributed by atoms with Crippen molar-refractivity contribution in [3.8, 4) is 5.75 Å². The Bertz CT molecular complexity index is 1440. The van der Waals surface area contributed by atoms with Crippen LogP contribution < -0.4 is 14.5 Å². The van der Waals surface area contributed by atoms with E-state index in [9.17, 15) is 19.5 Å². The van der Waals surface area contributed by atoms with Gasteiger partial charge < -0.3 is 29.3 Å². The zero-order valence-electron chi connectivity index (χ0n) is 26.1. The summed E-state index contributed by atoms with van der Waals surface area (Å²) in [5, 5.41) is 10.3. The average molecular weight is 602 g/mol. The van der Waals surface area contributed by atoms with Gasteiger partial charge in [0.1, 0.15) is 17.4 Å². The second kappa shape index (κ2) is 12.6. The number of carbonyl (C=O) groups is 3. The fraction of sp³-hybridized carbons (Fsp3) is 0.457. The Morgan fingerprint density at radius 1 is 1.11 bits per heavy atom. The Morgan fingerprint density at radius 2 is 1.80 bits per heavy atom. The topological polar surface area (TPSA) is 99.6 Å². The first-order valence-electron chi connectivity index (χ1n) is 15.4. The first-order valence-corrected chi connectivity index (χ1v) is 15.4. The first kappa shape index (κ1) is 31.5. The number of likely N-dealkylation sites (tertiary alicyclic amines) is 1. The fourth-order valence-electron chi connectivity index (χ4n) is 7.33. The van der Waals surface area contributed by atoms with E-state index in [1.165, 1.54) is 4.90 Å². The van der Waals surface area contributed by atoms with Crippen LogP contribution in [-0.4, -0.2) is 77.8 Å². The van der Waals surface area contributed by atoms with Gasteiger partial charge in [0.05, 0.1) is 37.2 Å². The van der Waals surface area contributed by atoms with E-state index >= 15 is 0 Å². The largest absolute Gasteiger partial charge is 0.494 e. The van der Waals surface area contributed by atoms with Gasteiger partial charge in [-0.05, 0) is 82.0 Å². The molecular weight excluding hydrogens is 558 g/mol. The minimum atomic E-state index is -1.20. The van der Waals surface area contributed by atoms with Gasteiger partial charge in [0.15, 0.2) is 0 Å². The first-order chi connectivity index (χ1) is 21.1. The third-order valence-corrected chi connectivity index (χ3v) is 9.27. The molecular formula is C35H43N3O6. The van der Waals surface area contributed by atoms with Gasteiger partial charge in [-0.25, -0.2) is 0 Å².